The lowest BCUT2D eigenvalue weighted by atomic mass is 10.0. The Labute approximate surface area is 117 Å². The van der Waals surface area contributed by atoms with E-state index in [1.165, 1.54) is 30.5 Å². The maximum Gasteiger partial charge on any atom is 0.269 e. The van der Waals surface area contributed by atoms with E-state index in [0.717, 1.165) is 5.69 Å². The molecule has 1 saturated carbocycles. The molecule has 1 aliphatic rings. The van der Waals surface area contributed by atoms with E-state index in [0.29, 0.717) is 5.92 Å². The Morgan fingerprint density at radius 2 is 1.70 bits per heavy atom. The molecular weight excluding hydrogens is 252 g/mol. The Morgan fingerprint density at radius 1 is 1.05 bits per heavy atom. The molecule has 2 aromatic carbocycles. The van der Waals surface area contributed by atoms with Crippen molar-refractivity contribution < 1.29 is 4.92 Å². The molecule has 1 unspecified atom stereocenters. The summed E-state index contributed by atoms with van der Waals surface area (Å²) in [4.78, 5) is 10.3. The lowest BCUT2D eigenvalue weighted by molar-refractivity contribution is -0.384. The van der Waals surface area contributed by atoms with Gasteiger partial charge >= 0.3 is 0 Å². The summed E-state index contributed by atoms with van der Waals surface area (Å²) < 4.78 is 0. The van der Waals surface area contributed by atoms with Crippen molar-refractivity contribution in [2.24, 2.45) is 5.92 Å². The molecule has 0 spiro atoms. The molecule has 0 bridgehead atoms. The molecule has 0 amide bonds. The van der Waals surface area contributed by atoms with Gasteiger partial charge in [0.05, 0.1) is 11.0 Å². The van der Waals surface area contributed by atoms with Crippen LogP contribution in [-0.2, 0) is 0 Å². The Morgan fingerprint density at radius 3 is 2.25 bits per heavy atom. The molecule has 0 saturated heterocycles. The molecule has 1 N–H and O–H groups in total. The van der Waals surface area contributed by atoms with E-state index in [9.17, 15) is 10.1 Å². The third-order valence-electron chi connectivity index (χ3n) is 3.65. The summed E-state index contributed by atoms with van der Waals surface area (Å²) in [6.07, 6.45) is 2.47. The lowest BCUT2D eigenvalue weighted by Crippen LogP contribution is -2.12. The van der Waals surface area contributed by atoms with Crippen molar-refractivity contribution in [2.75, 3.05) is 5.32 Å². The van der Waals surface area contributed by atoms with Gasteiger partial charge in [-0.25, -0.2) is 0 Å². The van der Waals surface area contributed by atoms with E-state index < -0.39 is 0 Å². The van der Waals surface area contributed by atoms with E-state index in [-0.39, 0.29) is 16.7 Å². The fourth-order valence-corrected chi connectivity index (χ4v) is 2.42. The van der Waals surface area contributed by atoms with Crippen molar-refractivity contribution in [3.8, 4) is 0 Å². The average Bonchev–Trinajstić information content (AvgIpc) is 3.31. The first kappa shape index (κ1) is 12.7. The Balaban J connectivity index is 1.78. The lowest BCUT2D eigenvalue weighted by Gasteiger charge is -2.20. The van der Waals surface area contributed by atoms with Crippen LogP contribution in [0.15, 0.2) is 54.6 Å². The number of nitro benzene ring substituents is 1. The van der Waals surface area contributed by atoms with Gasteiger partial charge in [0.2, 0.25) is 0 Å². The fraction of sp³-hybridized carbons (Fsp3) is 0.250. The molecule has 1 fully saturated rings. The van der Waals surface area contributed by atoms with Crippen molar-refractivity contribution >= 4 is 11.4 Å². The van der Waals surface area contributed by atoms with Crippen molar-refractivity contribution in [1.82, 2.24) is 0 Å². The normalized spacial score (nSPS) is 15.6. The average molecular weight is 268 g/mol. The van der Waals surface area contributed by atoms with Gasteiger partial charge in [0, 0.05) is 17.8 Å². The molecule has 0 aromatic heterocycles. The first-order chi connectivity index (χ1) is 9.74. The molecule has 102 valence electrons. The van der Waals surface area contributed by atoms with Crippen LogP contribution in [0, 0.1) is 16.0 Å². The summed E-state index contributed by atoms with van der Waals surface area (Å²) in [5, 5.41) is 14.2. The number of benzene rings is 2. The second-order valence-electron chi connectivity index (χ2n) is 5.17. The van der Waals surface area contributed by atoms with Crippen LogP contribution in [-0.4, -0.2) is 4.92 Å². The Hall–Kier alpha value is -2.36. The second kappa shape index (κ2) is 5.33. The molecule has 2 aromatic rings. The smallest absolute Gasteiger partial charge is 0.269 e. The standard InChI is InChI=1S/C16H16N2O2/c19-18(20)15-10-8-14(9-11-15)17-16(13-6-7-13)12-4-2-1-3-5-12/h1-5,8-11,13,16-17H,6-7H2. The van der Waals surface area contributed by atoms with Gasteiger partial charge in [-0.1, -0.05) is 30.3 Å². The second-order valence-corrected chi connectivity index (χ2v) is 5.17. The van der Waals surface area contributed by atoms with Crippen molar-refractivity contribution in [3.05, 3.63) is 70.3 Å². The van der Waals surface area contributed by atoms with Gasteiger partial charge in [0.15, 0.2) is 0 Å². The number of nitrogens with one attached hydrogen (secondary N) is 1. The van der Waals surface area contributed by atoms with Gasteiger partial charge in [0.25, 0.3) is 5.69 Å². The molecule has 4 nitrogen and oxygen atoms in total. The fourth-order valence-electron chi connectivity index (χ4n) is 2.42. The van der Waals surface area contributed by atoms with E-state index in [2.05, 4.69) is 17.4 Å². The molecule has 3 rings (SSSR count). The van der Waals surface area contributed by atoms with Crippen LogP contribution in [0.4, 0.5) is 11.4 Å². The third kappa shape index (κ3) is 2.79. The van der Waals surface area contributed by atoms with Crippen LogP contribution in [0.2, 0.25) is 0 Å². The summed E-state index contributed by atoms with van der Waals surface area (Å²) in [7, 11) is 0. The van der Waals surface area contributed by atoms with Crippen LogP contribution in [0.25, 0.3) is 0 Å². The summed E-state index contributed by atoms with van der Waals surface area (Å²) in [5.74, 6) is 0.660. The minimum atomic E-state index is -0.376. The molecular formula is C16H16N2O2. The predicted molar refractivity (Wildman–Crippen MR) is 78.6 cm³/mol. The van der Waals surface area contributed by atoms with Gasteiger partial charge in [-0.2, -0.15) is 0 Å². The van der Waals surface area contributed by atoms with Crippen LogP contribution < -0.4 is 5.32 Å². The molecule has 20 heavy (non-hydrogen) atoms. The maximum absolute atomic E-state index is 10.7. The van der Waals surface area contributed by atoms with Gasteiger partial charge in [-0.05, 0) is 36.5 Å². The topological polar surface area (TPSA) is 55.2 Å². The number of hydrogen-bond acceptors (Lipinski definition) is 3. The van der Waals surface area contributed by atoms with Crippen LogP contribution >= 0.6 is 0 Å². The molecule has 0 aliphatic heterocycles. The highest BCUT2D eigenvalue weighted by atomic mass is 16.6. The number of nitro groups is 1. The van der Waals surface area contributed by atoms with Crippen LogP contribution in [0.5, 0.6) is 0 Å². The molecule has 1 atom stereocenters. The van der Waals surface area contributed by atoms with Gasteiger partial charge in [-0.3, -0.25) is 10.1 Å². The minimum Gasteiger partial charge on any atom is -0.378 e. The summed E-state index contributed by atoms with van der Waals surface area (Å²) in [6.45, 7) is 0. The quantitative estimate of drug-likeness (QED) is 0.654. The van der Waals surface area contributed by atoms with Gasteiger partial charge < -0.3 is 5.32 Å². The zero-order chi connectivity index (χ0) is 13.9. The molecule has 4 heteroatoms. The van der Waals surface area contributed by atoms with E-state index in [4.69, 9.17) is 0 Å². The zero-order valence-corrected chi connectivity index (χ0v) is 11.0. The predicted octanol–water partition coefficient (Wildman–Crippen LogP) is 4.16. The Kier molecular flexibility index (Phi) is 3.37. The van der Waals surface area contributed by atoms with Crippen molar-refractivity contribution in [1.29, 1.82) is 0 Å². The van der Waals surface area contributed by atoms with Crippen LogP contribution in [0.1, 0.15) is 24.4 Å². The molecule has 0 radical (unpaired) electrons. The first-order valence-electron chi connectivity index (χ1n) is 6.80. The third-order valence-corrected chi connectivity index (χ3v) is 3.65. The van der Waals surface area contributed by atoms with Crippen molar-refractivity contribution in [3.63, 3.8) is 0 Å². The SMILES string of the molecule is O=[N+]([O-])c1ccc(NC(c2ccccc2)C2CC2)cc1. The summed E-state index contributed by atoms with van der Waals surface area (Å²) in [5.41, 5.74) is 2.32. The summed E-state index contributed by atoms with van der Waals surface area (Å²) in [6, 6.07) is 17.3. The van der Waals surface area contributed by atoms with E-state index in [1.54, 1.807) is 12.1 Å². The number of anilines is 1. The van der Waals surface area contributed by atoms with Gasteiger partial charge in [0.1, 0.15) is 0 Å². The monoisotopic (exact) mass is 268 g/mol. The van der Waals surface area contributed by atoms with E-state index in [1.807, 2.05) is 18.2 Å². The van der Waals surface area contributed by atoms with Crippen molar-refractivity contribution in [2.45, 2.75) is 18.9 Å². The zero-order valence-electron chi connectivity index (χ0n) is 11.0. The number of nitrogens with zero attached hydrogens (tertiary/aromatic N) is 1. The maximum atomic E-state index is 10.7. The first-order valence-corrected chi connectivity index (χ1v) is 6.80. The highest BCUT2D eigenvalue weighted by Gasteiger charge is 2.32. The summed E-state index contributed by atoms with van der Waals surface area (Å²) >= 11 is 0. The number of rotatable bonds is 5. The number of non-ortho nitro benzene ring substituents is 1. The molecule has 0 heterocycles. The minimum absolute atomic E-state index is 0.123. The molecule has 1 aliphatic carbocycles. The largest absolute Gasteiger partial charge is 0.378 e. The highest BCUT2D eigenvalue weighted by Crippen LogP contribution is 2.42. The van der Waals surface area contributed by atoms with Gasteiger partial charge in [-0.15, -0.1) is 0 Å². The van der Waals surface area contributed by atoms with E-state index >= 15 is 0 Å². The Bertz CT molecular complexity index is 592. The van der Waals surface area contributed by atoms with Crippen LogP contribution in [0.3, 0.4) is 0 Å². The highest BCUT2D eigenvalue weighted by molar-refractivity contribution is 5.50. The number of hydrogen-bond donors (Lipinski definition) is 1.